The van der Waals surface area contributed by atoms with E-state index >= 15 is 0 Å². The van der Waals surface area contributed by atoms with Crippen molar-refractivity contribution in [1.29, 1.82) is 0 Å². The van der Waals surface area contributed by atoms with E-state index in [1.807, 2.05) is 27.7 Å². The molecule has 0 aliphatic carbocycles. The SMILES string of the molecule is CC(C)COC(=O)N(CCCO)C(C)C. The number of nitrogens with zero attached hydrogens (tertiary/aromatic N) is 1. The van der Waals surface area contributed by atoms with Gasteiger partial charge in [0.15, 0.2) is 0 Å². The molecule has 1 N–H and O–H groups in total. The molecule has 0 spiro atoms. The average molecular weight is 217 g/mol. The number of aliphatic hydroxyl groups excluding tert-OH is 1. The van der Waals surface area contributed by atoms with E-state index in [4.69, 9.17) is 9.84 Å². The molecule has 0 aliphatic rings. The molecule has 0 unspecified atom stereocenters. The van der Waals surface area contributed by atoms with E-state index in [0.29, 0.717) is 25.5 Å². The highest BCUT2D eigenvalue weighted by Gasteiger charge is 2.17. The summed E-state index contributed by atoms with van der Waals surface area (Å²) in [6.07, 6.45) is 0.307. The fourth-order valence-electron chi connectivity index (χ4n) is 1.12. The Morgan fingerprint density at radius 2 is 1.93 bits per heavy atom. The first kappa shape index (κ1) is 14.2. The minimum atomic E-state index is -0.285. The first-order valence-electron chi connectivity index (χ1n) is 5.53. The van der Waals surface area contributed by atoms with Gasteiger partial charge in [0.25, 0.3) is 0 Å². The summed E-state index contributed by atoms with van der Waals surface area (Å²) in [5.41, 5.74) is 0. The summed E-state index contributed by atoms with van der Waals surface area (Å²) in [5, 5.41) is 8.72. The maximum Gasteiger partial charge on any atom is 0.409 e. The van der Waals surface area contributed by atoms with Crippen molar-refractivity contribution >= 4 is 6.09 Å². The van der Waals surface area contributed by atoms with Crippen LogP contribution in [-0.4, -0.2) is 41.9 Å². The standard InChI is InChI=1S/C11H23NO3/c1-9(2)8-15-11(14)12(10(3)4)6-5-7-13/h9-10,13H,5-8H2,1-4H3. The summed E-state index contributed by atoms with van der Waals surface area (Å²) in [6, 6.07) is 0.108. The predicted molar refractivity (Wildman–Crippen MR) is 59.7 cm³/mol. The Morgan fingerprint density at radius 3 is 2.33 bits per heavy atom. The Labute approximate surface area is 92.2 Å². The van der Waals surface area contributed by atoms with E-state index in [0.717, 1.165) is 0 Å². The lowest BCUT2D eigenvalue weighted by Crippen LogP contribution is -2.38. The molecular formula is C11H23NO3. The lowest BCUT2D eigenvalue weighted by atomic mass is 10.2. The summed E-state index contributed by atoms with van der Waals surface area (Å²) in [6.45, 7) is 8.97. The minimum Gasteiger partial charge on any atom is -0.449 e. The molecule has 0 atom stereocenters. The van der Waals surface area contributed by atoms with Crippen LogP contribution in [0.25, 0.3) is 0 Å². The van der Waals surface area contributed by atoms with Gasteiger partial charge in [-0.3, -0.25) is 0 Å². The van der Waals surface area contributed by atoms with Crippen molar-refractivity contribution in [3.05, 3.63) is 0 Å². The summed E-state index contributed by atoms with van der Waals surface area (Å²) in [4.78, 5) is 13.3. The van der Waals surface area contributed by atoms with Crippen molar-refractivity contribution in [3.8, 4) is 0 Å². The van der Waals surface area contributed by atoms with Gasteiger partial charge in [0.2, 0.25) is 0 Å². The molecule has 0 rings (SSSR count). The highest BCUT2D eigenvalue weighted by Crippen LogP contribution is 2.04. The second-order valence-electron chi connectivity index (χ2n) is 4.34. The third-order valence-electron chi connectivity index (χ3n) is 1.96. The van der Waals surface area contributed by atoms with Crippen molar-refractivity contribution in [3.63, 3.8) is 0 Å². The van der Waals surface area contributed by atoms with Gasteiger partial charge < -0.3 is 14.7 Å². The maximum atomic E-state index is 11.6. The topological polar surface area (TPSA) is 49.8 Å². The van der Waals surface area contributed by atoms with Gasteiger partial charge in [-0.2, -0.15) is 0 Å². The zero-order valence-electron chi connectivity index (χ0n) is 10.2. The van der Waals surface area contributed by atoms with Crippen molar-refractivity contribution in [2.75, 3.05) is 19.8 Å². The van der Waals surface area contributed by atoms with Crippen LogP contribution in [0, 0.1) is 5.92 Å². The van der Waals surface area contributed by atoms with Crippen LogP contribution >= 0.6 is 0 Å². The minimum absolute atomic E-state index is 0.0979. The van der Waals surface area contributed by atoms with Gasteiger partial charge in [-0.15, -0.1) is 0 Å². The maximum absolute atomic E-state index is 11.6. The molecule has 4 nitrogen and oxygen atoms in total. The van der Waals surface area contributed by atoms with Crippen LogP contribution in [0.2, 0.25) is 0 Å². The molecule has 90 valence electrons. The number of aliphatic hydroxyl groups is 1. The van der Waals surface area contributed by atoms with E-state index in [1.165, 1.54) is 0 Å². The molecule has 0 radical (unpaired) electrons. The van der Waals surface area contributed by atoms with Gasteiger partial charge in [0, 0.05) is 19.2 Å². The number of hydrogen-bond acceptors (Lipinski definition) is 3. The number of hydrogen-bond donors (Lipinski definition) is 1. The van der Waals surface area contributed by atoms with Crippen molar-refractivity contribution in [2.45, 2.75) is 40.2 Å². The quantitative estimate of drug-likeness (QED) is 0.739. The Kier molecular flexibility index (Phi) is 7.13. The monoisotopic (exact) mass is 217 g/mol. The van der Waals surface area contributed by atoms with Crippen LogP contribution in [0.15, 0.2) is 0 Å². The van der Waals surface area contributed by atoms with E-state index in [2.05, 4.69) is 0 Å². The summed E-state index contributed by atoms with van der Waals surface area (Å²) in [7, 11) is 0. The van der Waals surface area contributed by atoms with Crippen LogP contribution in [0.1, 0.15) is 34.1 Å². The van der Waals surface area contributed by atoms with Gasteiger partial charge in [-0.05, 0) is 26.2 Å². The number of carbonyl (C=O) groups excluding carboxylic acids is 1. The van der Waals surface area contributed by atoms with E-state index in [-0.39, 0.29) is 18.7 Å². The van der Waals surface area contributed by atoms with Crippen LogP contribution in [-0.2, 0) is 4.74 Å². The normalized spacial score (nSPS) is 10.9. The molecule has 0 fully saturated rings. The smallest absolute Gasteiger partial charge is 0.409 e. The Bertz CT molecular complexity index is 181. The van der Waals surface area contributed by atoms with E-state index < -0.39 is 0 Å². The summed E-state index contributed by atoms with van der Waals surface area (Å²) in [5.74, 6) is 0.348. The summed E-state index contributed by atoms with van der Waals surface area (Å²) < 4.78 is 5.13. The van der Waals surface area contributed by atoms with Gasteiger partial charge in [0.05, 0.1) is 6.61 Å². The molecule has 0 aromatic carbocycles. The first-order valence-corrected chi connectivity index (χ1v) is 5.53. The molecule has 0 aromatic heterocycles. The predicted octanol–water partition coefficient (Wildman–Crippen LogP) is 1.87. The number of rotatable bonds is 6. The van der Waals surface area contributed by atoms with Crippen LogP contribution < -0.4 is 0 Å². The zero-order valence-corrected chi connectivity index (χ0v) is 10.2. The van der Waals surface area contributed by atoms with E-state index in [9.17, 15) is 4.79 Å². The number of amides is 1. The van der Waals surface area contributed by atoms with E-state index in [1.54, 1.807) is 4.90 Å². The average Bonchev–Trinajstić information content (AvgIpc) is 2.14. The van der Waals surface area contributed by atoms with Crippen LogP contribution in [0.3, 0.4) is 0 Å². The second-order valence-corrected chi connectivity index (χ2v) is 4.34. The Hall–Kier alpha value is -0.770. The Balaban J connectivity index is 4.05. The molecule has 0 heterocycles. The van der Waals surface area contributed by atoms with Gasteiger partial charge >= 0.3 is 6.09 Å². The van der Waals surface area contributed by atoms with Gasteiger partial charge in [-0.25, -0.2) is 4.79 Å². The molecule has 0 saturated heterocycles. The van der Waals surface area contributed by atoms with Crippen LogP contribution in [0.5, 0.6) is 0 Å². The Morgan fingerprint density at radius 1 is 1.33 bits per heavy atom. The van der Waals surface area contributed by atoms with Gasteiger partial charge in [-0.1, -0.05) is 13.8 Å². The second kappa shape index (κ2) is 7.51. The largest absolute Gasteiger partial charge is 0.449 e. The zero-order chi connectivity index (χ0) is 11.8. The molecule has 1 amide bonds. The van der Waals surface area contributed by atoms with Crippen LogP contribution in [0.4, 0.5) is 4.79 Å². The fourth-order valence-corrected chi connectivity index (χ4v) is 1.12. The van der Waals surface area contributed by atoms with Gasteiger partial charge in [0.1, 0.15) is 0 Å². The third-order valence-corrected chi connectivity index (χ3v) is 1.96. The lowest BCUT2D eigenvalue weighted by molar-refractivity contribution is 0.0796. The third kappa shape index (κ3) is 6.33. The van der Waals surface area contributed by atoms with Crippen molar-refractivity contribution in [2.24, 2.45) is 5.92 Å². The molecular weight excluding hydrogens is 194 g/mol. The first-order chi connectivity index (χ1) is 6.99. The molecule has 0 aliphatic heterocycles. The summed E-state index contributed by atoms with van der Waals surface area (Å²) >= 11 is 0. The molecule has 0 bridgehead atoms. The fraction of sp³-hybridized carbons (Fsp3) is 0.909. The highest BCUT2D eigenvalue weighted by molar-refractivity contribution is 5.67. The lowest BCUT2D eigenvalue weighted by Gasteiger charge is -2.26. The number of ether oxygens (including phenoxy) is 1. The molecule has 0 aromatic rings. The molecule has 0 saturated carbocycles. The number of carbonyl (C=O) groups is 1. The van der Waals surface area contributed by atoms with Crippen molar-refractivity contribution in [1.82, 2.24) is 4.90 Å². The highest BCUT2D eigenvalue weighted by atomic mass is 16.6. The van der Waals surface area contributed by atoms with Crippen molar-refractivity contribution < 1.29 is 14.6 Å². The molecule has 15 heavy (non-hydrogen) atoms. The molecule has 4 heteroatoms.